The fourth-order valence-corrected chi connectivity index (χ4v) is 3.16. The minimum absolute atomic E-state index is 0.145. The number of alkyl halides is 3. The van der Waals surface area contributed by atoms with Crippen LogP contribution >= 0.6 is 11.6 Å². The van der Waals surface area contributed by atoms with Crippen LogP contribution in [-0.2, 0) is 6.18 Å². The van der Waals surface area contributed by atoms with E-state index in [0.717, 1.165) is 31.5 Å². The van der Waals surface area contributed by atoms with Crippen molar-refractivity contribution in [2.75, 3.05) is 0 Å². The summed E-state index contributed by atoms with van der Waals surface area (Å²) in [5.41, 5.74) is -1.65. The SMILES string of the molecule is C[C@@H]1[C@H](C)CCC[C@@H]1NC(=O)c1c(C(F)(F)F)ccnc1Cl. The molecule has 0 radical (unpaired) electrons. The highest BCUT2D eigenvalue weighted by Gasteiger charge is 2.38. The highest BCUT2D eigenvalue weighted by Crippen LogP contribution is 2.35. The second-order valence-corrected chi connectivity index (χ2v) is 6.23. The maximum absolute atomic E-state index is 13.0. The molecule has 3 atom stereocenters. The zero-order chi connectivity index (χ0) is 16.5. The van der Waals surface area contributed by atoms with Gasteiger partial charge in [-0.1, -0.05) is 38.3 Å². The van der Waals surface area contributed by atoms with Crippen LogP contribution in [0.1, 0.15) is 49.0 Å². The summed E-state index contributed by atoms with van der Waals surface area (Å²) in [5, 5.41) is 2.28. The molecule has 0 spiro atoms. The van der Waals surface area contributed by atoms with E-state index in [2.05, 4.69) is 17.2 Å². The highest BCUT2D eigenvalue weighted by atomic mass is 35.5. The molecule has 1 aliphatic rings. The minimum Gasteiger partial charge on any atom is -0.349 e. The largest absolute Gasteiger partial charge is 0.417 e. The Balaban J connectivity index is 2.27. The predicted molar refractivity (Wildman–Crippen MR) is 77.7 cm³/mol. The topological polar surface area (TPSA) is 42.0 Å². The first kappa shape index (κ1) is 17.1. The molecule has 0 aliphatic heterocycles. The van der Waals surface area contributed by atoms with Gasteiger partial charge in [0.05, 0.1) is 11.1 Å². The molecule has 1 heterocycles. The molecule has 1 amide bonds. The first-order chi connectivity index (χ1) is 10.2. The van der Waals surface area contributed by atoms with Crippen LogP contribution in [0.15, 0.2) is 12.3 Å². The van der Waals surface area contributed by atoms with E-state index < -0.39 is 28.4 Å². The monoisotopic (exact) mass is 334 g/mol. The van der Waals surface area contributed by atoms with Crippen molar-refractivity contribution < 1.29 is 18.0 Å². The molecule has 7 heteroatoms. The number of amides is 1. The van der Waals surface area contributed by atoms with Gasteiger partial charge in [-0.2, -0.15) is 13.2 Å². The van der Waals surface area contributed by atoms with Gasteiger partial charge in [0.25, 0.3) is 5.91 Å². The summed E-state index contributed by atoms with van der Waals surface area (Å²) in [7, 11) is 0. The summed E-state index contributed by atoms with van der Waals surface area (Å²) >= 11 is 5.74. The molecule has 0 unspecified atom stereocenters. The highest BCUT2D eigenvalue weighted by molar-refractivity contribution is 6.32. The van der Waals surface area contributed by atoms with Gasteiger partial charge in [0.15, 0.2) is 0 Å². The maximum atomic E-state index is 13.0. The molecule has 1 aromatic rings. The third kappa shape index (κ3) is 3.54. The molecule has 0 bridgehead atoms. The quantitative estimate of drug-likeness (QED) is 0.819. The second-order valence-electron chi connectivity index (χ2n) is 5.87. The Morgan fingerprint density at radius 1 is 1.36 bits per heavy atom. The lowest BCUT2D eigenvalue weighted by Gasteiger charge is -2.34. The van der Waals surface area contributed by atoms with Crippen LogP contribution < -0.4 is 5.32 Å². The molecule has 1 saturated carbocycles. The number of pyridine rings is 1. The van der Waals surface area contributed by atoms with Crippen molar-refractivity contribution in [3.63, 3.8) is 0 Å². The van der Waals surface area contributed by atoms with Crippen molar-refractivity contribution in [1.82, 2.24) is 10.3 Å². The molecular weight excluding hydrogens is 317 g/mol. The van der Waals surface area contributed by atoms with Gasteiger partial charge in [0.2, 0.25) is 0 Å². The molecule has 0 saturated heterocycles. The van der Waals surface area contributed by atoms with E-state index in [1.165, 1.54) is 0 Å². The van der Waals surface area contributed by atoms with Crippen molar-refractivity contribution in [1.29, 1.82) is 0 Å². The molecule has 1 aliphatic carbocycles. The van der Waals surface area contributed by atoms with Crippen LogP contribution in [0.5, 0.6) is 0 Å². The summed E-state index contributed by atoms with van der Waals surface area (Å²) in [4.78, 5) is 15.9. The van der Waals surface area contributed by atoms with Crippen molar-refractivity contribution in [2.24, 2.45) is 11.8 Å². The number of rotatable bonds is 2. The Hall–Kier alpha value is -1.30. The molecule has 22 heavy (non-hydrogen) atoms. The Kier molecular flexibility index (Phi) is 5.00. The summed E-state index contributed by atoms with van der Waals surface area (Å²) in [5.74, 6) is -0.177. The number of hydrogen-bond donors (Lipinski definition) is 1. The first-order valence-corrected chi connectivity index (χ1v) is 7.62. The van der Waals surface area contributed by atoms with E-state index in [1.54, 1.807) is 0 Å². The second kappa shape index (κ2) is 6.44. The summed E-state index contributed by atoms with van der Waals surface area (Å²) in [6.07, 6.45) is -0.924. The van der Waals surface area contributed by atoms with Gasteiger partial charge in [-0.15, -0.1) is 0 Å². The molecule has 0 aromatic carbocycles. The molecule has 2 rings (SSSR count). The smallest absolute Gasteiger partial charge is 0.349 e. The summed E-state index contributed by atoms with van der Waals surface area (Å²) in [6, 6.07) is 0.627. The predicted octanol–water partition coefficient (Wildman–Crippen LogP) is 4.31. The van der Waals surface area contributed by atoms with E-state index in [1.807, 2.05) is 6.92 Å². The zero-order valence-corrected chi connectivity index (χ0v) is 13.1. The van der Waals surface area contributed by atoms with Gasteiger partial charge in [0.1, 0.15) is 5.15 Å². The molecule has 3 nitrogen and oxygen atoms in total. The normalized spacial score (nSPS) is 25.8. The number of hydrogen-bond acceptors (Lipinski definition) is 2. The minimum atomic E-state index is -4.65. The van der Waals surface area contributed by atoms with Crippen molar-refractivity contribution in [3.05, 3.63) is 28.5 Å². The lowest BCUT2D eigenvalue weighted by atomic mass is 9.78. The van der Waals surface area contributed by atoms with Gasteiger partial charge in [0, 0.05) is 12.2 Å². The molecule has 1 aromatic heterocycles. The van der Waals surface area contributed by atoms with Crippen LogP contribution in [0.2, 0.25) is 5.15 Å². The first-order valence-electron chi connectivity index (χ1n) is 7.24. The lowest BCUT2D eigenvalue weighted by molar-refractivity contribution is -0.138. The number of nitrogens with zero attached hydrogens (tertiary/aromatic N) is 1. The number of carbonyl (C=O) groups is 1. The van der Waals surface area contributed by atoms with Gasteiger partial charge in [-0.3, -0.25) is 4.79 Å². The van der Waals surface area contributed by atoms with Gasteiger partial charge >= 0.3 is 6.18 Å². The number of carbonyl (C=O) groups excluding carboxylic acids is 1. The summed E-state index contributed by atoms with van der Waals surface area (Å²) < 4.78 is 39.1. The molecule has 1 N–H and O–H groups in total. The van der Waals surface area contributed by atoms with Crippen molar-refractivity contribution in [3.8, 4) is 0 Å². The fourth-order valence-electron chi connectivity index (χ4n) is 2.91. The van der Waals surface area contributed by atoms with Crippen LogP contribution in [0.3, 0.4) is 0 Å². The number of halogens is 4. The maximum Gasteiger partial charge on any atom is 0.417 e. The van der Waals surface area contributed by atoms with Crippen LogP contribution in [0, 0.1) is 11.8 Å². The van der Waals surface area contributed by atoms with E-state index in [-0.39, 0.29) is 12.0 Å². The number of aromatic nitrogens is 1. The molecular formula is C15H18ClF3N2O. The number of nitrogens with one attached hydrogen (secondary N) is 1. The molecule has 122 valence electrons. The van der Waals surface area contributed by atoms with Gasteiger partial charge in [-0.25, -0.2) is 4.98 Å². The Morgan fingerprint density at radius 3 is 2.68 bits per heavy atom. The third-order valence-corrected chi connectivity index (χ3v) is 4.75. The van der Waals surface area contributed by atoms with Crippen molar-refractivity contribution >= 4 is 17.5 Å². The van der Waals surface area contributed by atoms with E-state index in [4.69, 9.17) is 11.6 Å². The third-order valence-electron chi connectivity index (χ3n) is 4.46. The average molecular weight is 335 g/mol. The summed E-state index contributed by atoms with van der Waals surface area (Å²) in [6.45, 7) is 4.09. The van der Waals surface area contributed by atoms with Gasteiger partial charge < -0.3 is 5.32 Å². The Labute approximate surface area is 132 Å². The van der Waals surface area contributed by atoms with Crippen LogP contribution in [0.25, 0.3) is 0 Å². The Bertz CT molecular complexity index is 562. The van der Waals surface area contributed by atoms with Crippen molar-refractivity contribution in [2.45, 2.75) is 45.3 Å². The van der Waals surface area contributed by atoms with E-state index in [9.17, 15) is 18.0 Å². The molecule has 1 fully saturated rings. The van der Waals surface area contributed by atoms with E-state index in [0.29, 0.717) is 5.92 Å². The zero-order valence-electron chi connectivity index (χ0n) is 12.4. The van der Waals surface area contributed by atoms with E-state index >= 15 is 0 Å². The van der Waals surface area contributed by atoms with Gasteiger partial charge in [-0.05, 0) is 24.3 Å². The average Bonchev–Trinajstić information content (AvgIpc) is 2.42. The lowest BCUT2D eigenvalue weighted by Crippen LogP contribution is -2.44. The fraction of sp³-hybridized carbons (Fsp3) is 0.600. The van der Waals surface area contributed by atoms with Crippen LogP contribution in [-0.4, -0.2) is 16.9 Å². The van der Waals surface area contributed by atoms with Crippen LogP contribution in [0.4, 0.5) is 13.2 Å². The Morgan fingerprint density at radius 2 is 2.05 bits per heavy atom. The standard InChI is InChI=1S/C15H18ClF3N2O/c1-8-4-3-5-11(9(8)2)21-14(22)12-10(15(17,18)19)6-7-20-13(12)16/h6-9,11H,3-5H2,1-2H3,(H,21,22)/t8-,9-,11+/m1/s1.